The Morgan fingerprint density at radius 1 is 1.48 bits per heavy atom. The number of hydrogen-bond donors (Lipinski definition) is 3. The van der Waals surface area contributed by atoms with E-state index in [1.165, 1.54) is 6.08 Å². The second-order valence-electron chi connectivity index (χ2n) is 4.07. The van der Waals surface area contributed by atoms with Crippen LogP contribution in [0.3, 0.4) is 0 Å². The van der Waals surface area contributed by atoms with Crippen molar-refractivity contribution in [2.24, 2.45) is 0 Å². The summed E-state index contributed by atoms with van der Waals surface area (Å²) in [6.45, 7) is 3.45. The van der Waals surface area contributed by atoms with E-state index in [4.69, 9.17) is 16.7 Å². The van der Waals surface area contributed by atoms with Crippen molar-refractivity contribution in [2.75, 3.05) is 5.32 Å². The summed E-state index contributed by atoms with van der Waals surface area (Å²) in [6.07, 6.45) is 1.52. The molecule has 0 aliphatic rings. The topological polar surface area (TPSA) is 104 Å². The van der Waals surface area contributed by atoms with Crippen LogP contribution in [0.2, 0.25) is 5.02 Å². The Labute approximate surface area is 128 Å². The van der Waals surface area contributed by atoms with Gasteiger partial charge >= 0.3 is 12.0 Å². The van der Waals surface area contributed by atoms with E-state index in [9.17, 15) is 9.59 Å². The van der Waals surface area contributed by atoms with Gasteiger partial charge in [-0.05, 0) is 18.6 Å². The summed E-state index contributed by atoms with van der Waals surface area (Å²) in [5, 5.41) is 14.1. The molecule has 9 heteroatoms. The fourth-order valence-electron chi connectivity index (χ4n) is 1.64. The van der Waals surface area contributed by atoms with E-state index in [1.54, 1.807) is 12.1 Å². The SMILES string of the molecule is C=CCC(NC(=O)Nc1c(Cl)ccc2nsnc12)C(=O)O. The Kier molecular flexibility index (Phi) is 4.71. The highest BCUT2D eigenvalue weighted by atomic mass is 35.5. The van der Waals surface area contributed by atoms with Gasteiger partial charge in [0.1, 0.15) is 17.1 Å². The standard InChI is InChI=1S/C12H11ClN4O3S/c1-2-3-8(11(18)19)14-12(20)15-9-6(13)4-5-7-10(9)17-21-16-7/h2,4-5,8H,1,3H2,(H,18,19)(H2,14,15,20). The van der Waals surface area contributed by atoms with Crippen LogP contribution < -0.4 is 10.6 Å². The number of urea groups is 1. The van der Waals surface area contributed by atoms with E-state index < -0.39 is 18.0 Å². The molecule has 0 spiro atoms. The van der Waals surface area contributed by atoms with Gasteiger partial charge < -0.3 is 15.7 Å². The number of anilines is 1. The number of benzene rings is 1. The molecule has 1 atom stereocenters. The van der Waals surface area contributed by atoms with E-state index in [0.29, 0.717) is 21.7 Å². The first-order valence-electron chi connectivity index (χ1n) is 5.85. The number of fused-ring (bicyclic) bond motifs is 1. The van der Waals surface area contributed by atoms with E-state index in [0.717, 1.165) is 11.7 Å². The molecule has 110 valence electrons. The highest BCUT2D eigenvalue weighted by Gasteiger charge is 2.20. The maximum absolute atomic E-state index is 11.9. The number of rotatable bonds is 5. The van der Waals surface area contributed by atoms with Gasteiger partial charge in [0.2, 0.25) is 0 Å². The zero-order valence-electron chi connectivity index (χ0n) is 10.7. The molecule has 0 radical (unpaired) electrons. The first kappa shape index (κ1) is 15.2. The molecule has 0 aliphatic carbocycles. The van der Waals surface area contributed by atoms with Gasteiger partial charge in [-0.15, -0.1) is 6.58 Å². The van der Waals surface area contributed by atoms with Gasteiger partial charge in [-0.25, -0.2) is 9.59 Å². The third-order valence-corrected chi connectivity index (χ3v) is 3.48. The molecule has 2 amide bonds. The van der Waals surface area contributed by atoms with Crippen molar-refractivity contribution >= 4 is 52.1 Å². The highest BCUT2D eigenvalue weighted by Crippen LogP contribution is 2.29. The van der Waals surface area contributed by atoms with Gasteiger partial charge in [-0.2, -0.15) is 8.75 Å². The molecule has 0 saturated heterocycles. The van der Waals surface area contributed by atoms with Crippen LogP contribution in [0.4, 0.5) is 10.5 Å². The van der Waals surface area contributed by atoms with Crippen molar-refractivity contribution in [3.8, 4) is 0 Å². The maximum Gasteiger partial charge on any atom is 0.326 e. The number of aromatic nitrogens is 2. The molecular formula is C12H11ClN4O3S. The smallest absolute Gasteiger partial charge is 0.326 e. The van der Waals surface area contributed by atoms with Gasteiger partial charge in [0.05, 0.1) is 22.4 Å². The van der Waals surface area contributed by atoms with Gasteiger partial charge in [-0.3, -0.25) is 0 Å². The second kappa shape index (κ2) is 6.51. The average Bonchev–Trinajstić information content (AvgIpc) is 2.90. The van der Waals surface area contributed by atoms with Crippen molar-refractivity contribution in [3.63, 3.8) is 0 Å². The summed E-state index contributed by atoms with van der Waals surface area (Å²) in [5.41, 5.74) is 1.35. The van der Waals surface area contributed by atoms with E-state index in [-0.39, 0.29) is 6.42 Å². The van der Waals surface area contributed by atoms with Crippen molar-refractivity contribution in [1.82, 2.24) is 14.1 Å². The van der Waals surface area contributed by atoms with E-state index in [1.807, 2.05) is 0 Å². The summed E-state index contributed by atoms with van der Waals surface area (Å²) in [5.74, 6) is -1.15. The molecule has 0 aliphatic heterocycles. The summed E-state index contributed by atoms with van der Waals surface area (Å²) in [6, 6.07) is 1.52. The largest absolute Gasteiger partial charge is 0.480 e. The zero-order valence-corrected chi connectivity index (χ0v) is 12.2. The quantitative estimate of drug-likeness (QED) is 0.732. The summed E-state index contributed by atoms with van der Waals surface area (Å²) in [4.78, 5) is 22.9. The lowest BCUT2D eigenvalue weighted by atomic mass is 10.2. The van der Waals surface area contributed by atoms with Crippen LogP contribution in [-0.4, -0.2) is 31.9 Å². The number of aliphatic carboxylic acids is 1. The fraction of sp³-hybridized carbons (Fsp3) is 0.167. The molecule has 1 unspecified atom stereocenters. The van der Waals surface area contributed by atoms with Crippen LogP contribution in [0.25, 0.3) is 11.0 Å². The minimum Gasteiger partial charge on any atom is -0.480 e. The molecule has 1 aromatic carbocycles. The molecule has 0 saturated carbocycles. The van der Waals surface area contributed by atoms with Crippen molar-refractivity contribution < 1.29 is 14.7 Å². The lowest BCUT2D eigenvalue weighted by Gasteiger charge is -2.14. The number of carboxylic acids is 1. The third-order valence-electron chi connectivity index (χ3n) is 2.62. The fourth-order valence-corrected chi connectivity index (χ4v) is 2.38. The molecular weight excluding hydrogens is 316 g/mol. The number of carboxylic acid groups (broad SMARTS) is 1. The predicted octanol–water partition coefficient (Wildman–Crippen LogP) is 2.50. The average molecular weight is 327 g/mol. The molecule has 7 nitrogen and oxygen atoms in total. The monoisotopic (exact) mass is 326 g/mol. The number of nitrogens with one attached hydrogen (secondary N) is 2. The van der Waals surface area contributed by atoms with Gasteiger partial charge in [0, 0.05) is 0 Å². The highest BCUT2D eigenvalue weighted by molar-refractivity contribution is 7.00. The first-order chi connectivity index (χ1) is 10.0. The summed E-state index contributed by atoms with van der Waals surface area (Å²) >= 11 is 7.02. The number of halogens is 1. The number of carbonyl (C=O) groups is 2. The Bertz CT molecular complexity index is 703. The van der Waals surface area contributed by atoms with Gasteiger partial charge in [-0.1, -0.05) is 17.7 Å². The van der Waals surface area contributed by atoms with Crippen LogP contribution >= 0.6 is 23.3 Å². The van der Waals surface area contributed by atoms with Crippen LogP contribution in [0.1, 0.15) is 6.42 Å². The lowest BCUT2D eigenvalue weighted by Crippen LogP contribution is -2.42. The van der Waals surface area contributed by atoms with Gasteiger partial charge in [0.15, 0.2) is 0 Å². The number of amides is 2. The number of nitrogens with zero attached hydrogens (tertiary/aromatic N) is 2. The van der Waals surface area contributed by atoms with Crippen LogP contribution in [-0.2, 0) is 4.79 Å². The van der Waals surface area contributed by atoms with Crippen molar-refractivity contribution in [1.29, 1.82) is 0 Å². The molecule has 0 bridgehead atoms. The molecule has 0 fully saturated rings. The molecule has 1 heterocycles. The summed E-state index contributed by atoms with van der Waals surface area (Å²) < 4.78 is 8.09. The molecule has 2 aromatic rings. The van der Waals surface area contributed by atoms with Crippen molar-refractivity contribution in [3.05, 3.63) is 29.8 Å². The molecule has 1 aromatic heterocycles. The van der Waals surface area contributed by atoms with Crippen LogP contribution in [0.5, 0.6) is 0 Å². The van der Waals surface area contributed by atoms with Crippen LogP contribution in [0, 0.1) is 0 Å². The number of carbonyl (C=O) groups excluding carboxylic acids is 1. The number of hydrogen-bond acceptors (Lipinski definition) is 5. The van der Waals surface area contributed by atoms with E-state index >= 15 is 0 Å². The first-order valence-corrected chi connectivity index (χ1v) is 6.95. The van der Waals surface area contributed by atoms with Crippen molar-refractivity contribution in [2.45, 2.75) is 12.5 Å². The summed E-state index contributed by atoms with van der Waals surface area (Å²) in [7, 11) is 0. The maximum atomic E-state index is 11.9. The Morgan fingerprint density at radius 3 is 2.90 bits per heavy atom. The third kappa shape index (κ3) is 3.47. The molecule has 21 heavy (non-hydrogen) atoms. The molecule has 3 N–H and O–H groups in total. The minimum atomic E-state index is -1.15. The second-order valence-corrected chi connectivity index (χ2v) is 5.00. The molecule has 2 rings (SSSR count). The van der Waals surface area contributed by atoms with Gasteiger partial charge in [0.25, 0.3) is 0 Å². The Morgan fingerprint density at radius 2 is 2.24 bits per heavy atom. The zero-order chi connectivity index (χ0) is 15.4. The predicted molar refractivity (Wildman–Crippen MR) is 80.8 cm³/mol. The minimum absolute atomic E-state index is 0.110. The van der Waals surface area contributed by atoms with Crippen LogP contribution in [0.15, 0.2) is 24.8 Å². The Balaban J connectivity index is 2.18. The Hall–Kier alpha value is -2.19. The lowest BCUT2D eigenvalue weighted by molar-refractivity contribution is -0.139. The normalized spacial score (nSPS) is 11.9. The van der Waals surface area contributed by atoms with E-state index in [2.05, 4.69) is 26.0 Å².